The highest BCUT2D eigenvalue weighted by Gasteiger charge is 2.24. The van der Waals surface area contributed by atoms with Gasteiger partial charge in [-0.1, -0.05) is 0 Å². The van der Waals surface area contributed by atoms with E-state index in [1.807, 2.05) is 6.07 Å². The first-order valence-electron chi connectivity index (χ1n) is 5.00. The monoisotopic (exact) mass is 242 g/mol. The smallest absolute Gasteiger partial charge is 0.242 e. The van der Waals surface area contributed by atoms with Gasteiger partial charge in [-0.25, -0.2) is 13.6 Å². The third-order valence-corrected chi connectivity index (χ3v) is 3.66. The molecule has 2 rings (SSSR count). The largest absolute Gasteiger partial charge is 0.495 e. The van der Waals surface area contributed by atoms with Crippen molar-refractivity contribution in [3.8, 4) is 5.75 Å². The molecule has 1 aliphatic heterocycles. The molecule has 0 amide bonds. The quantitative estimate of drug-likeness (QED) is 0.800. The molecule has 0 aromatic heterocycles. The lowest BCUT2D eigenvalue weighted by molar-refractivity contribution is 0.401. The molecule has 0 unspecified atom stereocenters. The van der Waals surface area contributed by atoms with Crippen LogP contribution >= 0.6 is 0 Å². The van der Waals surface area contributed by atoms with E-state index in [0.717, 1.165) is 24.2 Å². The summed E-state index contributed by atoms with van der Waals surface area (Å²) in [4.78, 5) is 0.111. The Kier molecular flexibility index (Phi) is 2.77. The summed E-state index contributed by atoms with van der Waals surface area (Å²) in [6, 6.07) is 3.44. The molecule has 1 aliphatic rings. The van der Waals surface area contributed by atoms with Crippen molar-refractivity contribution in [1.82, 2.24) is 0 Å². The molecule has 16 heavy (non-hydrogen) atoms. The number of benzene rings is 1. The summed E-state index contributed by atoms with van der Waals surface area (Å²) in [5.41, 5.74) is 1.56. The molecule has 0 saturated heterocycles. The van der Waals surface area contributed by atoms with Crippen molar-refractivity contribution in [1.29, 1.82) is 0 Å². The van der Waals surface area contributed by atoms with E-state index in [1.165, 1.54) is 7.11 Å². The van der Waals surface area contributed by atoms with Gasteiger partial charge in [-0.2, -0.15) is 0 Å². The molecule has 0 atom stereocenters. The van der Waals surface area contributed by atoms with E-state index in [2.05, 4.69) is 5.32 Å². The van der Waals surface area contributed by atoms with E-state index in [4.69, 9.17) is 9.88 Å². The Morgan fingerprint density at radius 2 is 2.19 bits per heavy atom. The zero-order valence-corrected chi connectivity index (χ0v) is 9.80. The van der Waals surface area contributed by atoms with Crippen LogP contribution in [-0.4, -0.2) is 22.1 Å². The summed E-state index contributed by atoms with van der Waals surface area (Å²) < 4.78 is 28.2. The predicted octanol–water partition coefficient (Wildman–Crippen LogP) is 0.701. The predicted molar refractivity (Wildman–Crippen MR) is 61.2 cm³/mol. The van der Waals surface area contributed by atoms with Crippen LogP contribution in [0.1, 0.15) is 12.0 Å². The van der Waals surface area contributed by atoms with E-state index >= 15 is 0 Å². The highest BCUT2D eigenvalue weighted by molar-refractivity contribution is 7.89. The van der Waals surface area contributed by atoms with Gasteiger partial charge in [0.15, 0.2) is 0 Å². The Balaban J connectivity index is 2.71. The van der Waals surface area contributed by atoms with Crippen molar-refractivity contribution < 1.29 is 13.2 Å². The molecule has 0 bridgehead atoms. The number of hydrogen-bond donors (Lipinski definition) is 2. The average molecular weight is 242 g/mol. The van der Waals surface area contributed by atoms with Crippen molar-refractivity contribution in [3.05, 3.63) is 17.7 Å². The van der Waals surface area contributed by atoms with Crippen molar-refractivity contribution >= 4 is 15.7 Å². The number of ether oxygens (including phenoxy) is 1. The molecule has 3 N–H and O–H groups in total. The van der Waals surface area contributed by atoms with E-state index < -0.39 is 10.0 Å². The van der Waals surface area contributed by atoms with Gasteiger partial charge >= 0.3 is 0 Å². The Bertz CT molecular complexity index is 511. The number of primary sulfonamides is 1. The second-order valence-electron chi connectivity index (χ2n) is 3.70. The fourth-order valence-corrected chi connectivity index (χ4v) is 2.97. The summed E-state index contributed by atoms with van der Waals surface area (Å²) in [5.74, 6) is 0.310. The minimum atomic E-state index is -3.75. The third-order valence-electron chi connectivity index (χ3n) is 2.65. The summed E-state index contributed by atoms with van der Waals surface area (Å²) in [5, 5.41) is 8.37. The maximum Gasteiger partial charge on any atom is 0.242 e. The van der Waals surface area contributed by atoms with E-state index in [1.54, 1.807) is 6.07 Å². The molecule has 0 fully saturated rings. The fourth-order valence-electron chi connectivity index (χ4n) is 1.98. The maximum atomic E-state index is 11.6. The summed E-state index contributed by atoms with van der Waals surface area (Å²) >= 11 is 0. The van der Waals surface area contributed by atoms with Crippen LogP contribution in [0.5, 0.6) is 5.75 Å². The van der Waals surface area contributed by atoms with Gasteiger partial charge < -0.3 is 10.1 Å². The Hall–Kier alpha value is -1.27. The first-order chi connectivity index (χ1) is 7.54. The molecule has 0 saturated carbocycles. The van der Waals surface area contributed by atoms with Crippen LogP contribution < -0.4 is 15.2 Å². The normalized spacial score (nSPS) is 15.1. The van der Waals surface area contributed by atoms with Crippen LogP contribution in [0.3, 0.4) is 0 Å². The van der Waals surface area contributed by atoms with E-state index in [9.17, 15) is 8.42 Å². The molecule has 0 radical (unpaired) electrons. The summed E-state index contributed by atoms with van der Waals surface area (Å²) in [6.07, 6.45) is 1.59. The molecular weight excluding hydrogens is 228 g/mol. The van der Waals surface area contributed by atoms with Crippen LogP contribution in [0.4, 0.5) is 5.69 Å². The highest BCUT2D eigenvalue weighted by atomic mass is 32.2. The summed E-state index contributed by atoms with van der Waals surface area (Å²) in [6.45, 7) is 0.851. The van der Waals surface area contributed by atoms with Gasteiger partial charge in [0.2, 0.25) is 10.0 Å². The van der Waals surface area contributed by atoms with Crippen LogP contribution in [0.15, 0.2) is 17.0 Å². The SMILES string of the molecule is COc1ccc2c(c1S(N)(=O)=O)CCCN2. The maximum absolute atomic E-state index is 11.6. The molecule has 1 aromatic carbocycles. The van der Waals surface area contributed by atoms with E-state index in [-0.39, 0.29) is 4.90 Å². The Morgan fingerprint density at radius 1 is 1.44 bits per heavy atom. The Morgan fingerprint density at radius 3 is 2.81 bits per heavy atom. The van der Waals surface area contributed by atoms with Crippen molar-refractivity contribution in [2.24, 2.45) is 5.14 Å². The number of sulfonamides is 1. The molecule has 1 aromatic rings. The van der Waals surface area contributed by atoms with Gasteiger partial charge in [-0.05, 0) is 30.5 Å². The molecular formula is C10H14N2O3S. The van der Waals surface area contributed by atoms with Gasteiger partial charge in [0, 0.05) is 12.2 Å². The van der Waals surface area contributed by atoms with Gasteiger partial charge in [0.05, 0.1) is 7.11 Å². The molecule has 88 valence electrons. The van der Waals surface area contributed by atoms with Crippen molar-refractivity contribution in [3.63, 3.8) is 0 Å². The number of methoxy groups -OCH3 is 1. The van der Waals surface area contributed by atoms with Gasteiger partial charge in [0.1, 0.15) is 10.6 Å². The number of rotatable bonds is 2. The number of nitrogens with one attached hydrogen (secondary N) is 1. The lowest BCUT2D eigenvalue weighted by Crippen LogP contribution is -2.20. The van der Waals surface area contributed by atoms with Crippen LogP contribution in [0, 0.1) is 0 Å². The first-order valence-corrected chi connectivity index (χ1v) is 6.55. The zero-order valence-electron chi connectivity index (χ0n) is 8.99. The highest BCUT2D eigenvalue weighted by Crippen LogP contribution is 2.34. The van der Waals surface area contributed by atoms with Crippen LogP contribution in [0.25, 0.3) is 0 Å². The second-order valence-corrected chi connectivity index (χ2v) is 5.20. The molecule has 6 heteroatoms. The number of hydrogen-bond acceptors (Lipinski definition) is 4. The van der Waals surface area contributed by atoms with Crippen LogP contribution in [0.2, 0.25) is 0 Å². The minimum absolute atomic E-state index is 0.111. The van der Waals surface area contributed by atoms with Gasteiger partial charge in [0.25, 0.3) is 0 Å². The van der Waals surface area contributed by atoms with Gasteiger partial charge in [-0.15, -0.1) is 0 Å². The first kappa shape index (κ1) is 11.2. The van der Waals surface area contributed by atoms with Crippen LogP contribution in [-0.2, 0) is 16.4 Å². The molecule has 0 aliphatic carbocycles. The van der Waals surface area contributed by atoms with E-state index in [0.29, 0.717) is 12.2 Å². The molecule has 0 spiro atoms. The van der Waals surface area contributed by atoms with Crippen molar-refractivity contribution in [2.75, 3.05) is 19.0 Å². The molecule has 5 nitrogen and oxygen atoms in total. The minimum Gasteiger partial charge on any atom is -0.495 e. The lowest BCUT2D eigenvalue weighted by Gasteiger charge is -2.21. The average Bonchev–Trinajstić information content (AvgIpc) is 2.26. The molecule has 1 heterocycles. The Labute approximate surface area is 94.6 Å². The summed E-state index contributed by atoms with van der Waals surface area (Å²) in [7, 11) is -2.31. The number of fused-ring (bicyclic) bond motifs is 1. The third kappa shape index (κ3) is 1.85. The standard InChI is InChI=1S/C10H14N2O3S/c1-15-9-5-4-8-7(3-2-6-12-8)10(9)16(11,13)14/h4-5,12H,2-3,6H2,1H3,(H2,11,13,14). The van der Waals surface area contributed by atoms with Gasteiger partial charge in [-0.3, -0.25) is 0 Å². The number of nitrogens with two attached hydrogens (primary N) is 1. The fraction of sp³-hybridized carbons (Fsp3) is 0.400. The van der Waals surface area contributed by atoms with Crippen molar-refractivity contribution in [2.45, 2.75) is 17.7 Å². The lowest BCUT2D eigenvalue weighted by atomic mass is 10.0. The zero-order chi connectivity index (χ0) is 11.8. The number of anilines is 1. The second kappa shape index (κ2) is 3.95. The topological polar surface area (TPSA) is 81.4 Å².